The number of anilines is 1. The van der Waals surface area contributed by atoms with Gasteiger partial charge in [-0.1, -0.05) is 0 Å². The van der Waals surface area contributed by atoms with Crippen molar-refractivity contribution < 1.29 is 21.6 Å². The van der Waals surface area contributed by atoms with Gasteiger partial charge in [0.1, 0.15) is 6.54 Å². The molecule has 1 aromatic heterocycles. The highest BCUT2D eigenvalue weighted by molar-refractivity contribution is 7.90. The summed E-state index contributed by atoms with van der Waals surface area (Å²) in [5.74, 6) is -0.307. The number of nitrogens with zero attached hydrogens (tertiary/aromatic N) is 2. The van der Waals surface area contributed by atoms with E-state index in [0.29, 0.717) is 0 Å². The molecule has 0 atom stereocenters. The standard InChI is InChI=1S/C10H10F3N3O2S/c1-19(17,18)6-2-3-8-7(4-6)15-9(14)16(8)5-10(11,12)13/h2-4H,5H2,1H3,(H2,14,15). The lowest BCUT2D eigenvalue weighted by Gasteiger charge is -2.09. The number of rotatable bonds is 2. The molecule has 0 aliphatic rings. The fourth-order valence-corrected chi connectivity index (χ4v) is 2.35. The zero-order valence-electron chi connectivity index (χ0n) is 9.77. The van der Waals surface area contributed by atoms with E-state index in [1.54, 1.807) is 0 Å². The number of nitrogen functional groups attached to an aromatic ring is 1. The Morgan fingerprint density at radius 3 is 2.53 bits per heavy atom. The molecule has 0 saturated heterocycles. The smallest absolute Gasteiger partial charge is 0.369 e. The fourth-order valence-electron chi connectivity index (χ4n) is 1.70. The molecule has 9 heteroatoms. The number of imidazole rings is 1. The van der Waals surface area contributed by atoms with Crippen molar-refractivity contribution in [3.05, 3.63) is 18.2 Å². The average molecular weight is 293 g/mol. The first kappa shape index (κ1) is 13.7. The minimum Gasteiger partial charge on any atom is -0.369 e. The van der Waals surface area contributed by atoms with E-state index in [1.807, 2.05) is 0 Å². The Kier molecular flexibility index (Phi) is 2.96. The molecule has 0 amide bonds. The van der Waals surface area contributed by atoms with Gasteiger partial charge in [0, 0.05) is 6.26 Å². The predicted molar refractivity (Wildman–Crippen MR) is 63.3 cm³/mol. The van der Waals surface area contributed by atoms with E-state index >= 15 is 0 Å². The minimum atomic E-state index is -4.43. The van der Waals surface area contributed by atoms with Crippen molar-refractivity contribution in [1.29, 1.82) is 0 Å². The van der Waals surface area contributed by atoms with E-state index in [2.05, 4.69) is 4.98 Å². The molecule has 0 bridgehead atoms. The SMILES string of the molecule is CS(=O)(=O)c1ccc2c(c1)nc(N)n2CC(F)(F)F. The molecule has 2 aromatic rings. The van der Waals surface area contributed by atoms with Gasteiger partial charge in [0.2, 0.25) is 5.95 Å². The molecule has 0 fully saturated rings. The van der Waals surface area contributed by atoms with Gasteiger partial charge in [-0.05, 0) is 18.2 Å². The van der Waals surface area contributed by atoms with Crippen molar-refractivity contribution in [3.8, 4) is 0 Å². The molecule has 0 saturated carbocycles. The Morgan fingerprint density at radius 2 is 2.00 bits per heavy atom. The molecular weight excluding hydrogens is 283 g/mol. The Bertz CT molecular complexity index is 734. The summed E-state index contributed by atoms with van der Waals surface area (Å²) in [7, 11) is -3.45. The van der Waals surface area contributed by atoms with E-state index in [1.165, 1.54) is 18.2 Å². The summed E-state index contributed by atoms with van der Waals surface area (Å²) in [6.45, 7) is -1.27. The first-order valence-corrected chi connectivity index (χ1v) is 6.99. The summed E-state index contributed by atoms with van der Waals surface area (Å²) in [5.41, 5.74) is 5.68. The molecule has 1 heterocycles. The molecule has 2 N–H and O–H groups in total. The van der Waals surface area contributed by atoms with Gasteiger partial charge in [0.05, 0.1) is 15.9 Å². The van der Waals surface area contributed by atoms with Crippen LogP contribution in [-0.4, -0.2) is 30.4 Å². The molecular formula is C10H10F3N3O2S. The lowest BCUT2D eigenvalue weighted by atomic mass is 10.3. The molecule has 0 unspecified atom stereocenters. The highest BCUT2D eigenvalue weighted by Gasteiger charge is 2.30. The van der Waals surface area contributed by atoms with E-state index in [4.69, 9.17) is 5.73 Å². The second-order valence-corrected chi connectivity index (χ2v) is 6.11. The van der Waals surface area contributed by atoms with E-state index in [9.17, 15) is 21.6 Å². The van der Waals surface area contributed by atoms with Crippen LogP contribution in [0.4, 0.5) is 19.1 Å². The largest absolute Gasteiger partial charge is 0.406 e. The molecule has 1 aromatic carbocycles. The Labute approximate surface area is 106 Å². The third kappa shape index (κ3) is 2.80. The Balaban J connectivity index is 2.61. The first-order chi connectivity index (χ1) is 8.58. The van der Waals surface area contributed by atoms with Crippen LogP contribution in [0.25, 0.3) is 11.0 Å². The predicted octanol–water partition coefficient (Wildman–Crippen LogP) is 1.58. The van der Waals surface area contributed by atoms with Crippen LogP contribution in [0.15, 0.2) is 23.1 Å². The van der Waals surface area contributed by atoms with Crippen molar-refractivity contribution in [3.63, 3.8) is 0 Å². The Hall–Kier alpha value is -1.77. The quantitative estimate of drug-likeness (QED) is 0.912. The molecule has 5 nitrogen and oxygen atoms in total. The number of hydrogen-bond donors (Lipinski definition) is 1. The topological polar surface area (TPSA) is 78.0 Å². The van der Waals surface area contributed by atoms with Crippen LogP contribution < -0.4 is 5.73 Å². The van der Waals surface area contributed by atoms with E-state index < -0.39 is 22.6 Å². The first-order valence-electron chi connectivity index (χ1n) is 5.10. The molecule has 104 valence electrons. The van der Waals surface area contributed by atoms with Crippen molar-refractivity contribution in [2.24, 2.45) is 0 Å². The summed E-state index contributed by atoms with van der Waals surface area (Å²) >= 11 is 0. The van der Waals surface area contributed by atoms with Crippen LogP contribution in [0.3, 0.4) is 0 Å². The number of benzene rings is 1. The number of halogens is 3. The van der Waals surface area contributed by atoms with E-state index in [0.717, 1.165) is 10.8 Å². The zero-order chi connectivity index (χ0) is 14.4. The lowest BCUT2D eigenvalue weighted by molar-refractivity contribution is -0.139. The average Bonchev–Trinajstić information content (AvgIpc) is 2.51. The number of hydrogen-bond acceptors (Lipinski definition) is 4. The van der Waals surface area contributed by atoms with Gasteiger partial charge in [0.15, 0.2) is 9.84 Å². The lowest BCUT2D eigenvalue weighted by Crippen LogP contribution is -2.19. The zero-order valence-corrected chi connectivity index (χ0v) is 10.6. The molecule has 2 rings (SSSR count). The highest BCUT2D eigenvalue weighted by atomic mass is 32.2. The summed E-state index contributed by atoms with van der Waals surface area (Å²) in [4.78, 5) is 3.73. The van der Waals surface area contributed by atoms with Gasteiger partial charge >= 0.3 is 6.18 Å². The molecule has 0 aliphatic carbocycles. The number of aromatic nitrogens is 2. The maximum Gasteiger partial charge on any atom is 0.406 e. The number of nitrogens with two attached hydrogens (primary N) is 1. The second kappa shape index (κ2) is 4.12. The van der Waals surface area contributed by atoms with Crippen LogP contribution in [0, 0.1) is 0 Å². The highest BCUT2D eigenvalue weighted by Crippen LogP contribution is 2.26. The van der Waals surface area contributed by atoms with Gasteiger partial charge in [-0.25, -0.2) is 13.4 Å². The van der Waals surface area contributed by atoms with Crippen molar-refractivity contribution in [1.82, 2.24) is 9.55 Å². The third-order valence-corrected chi connectivity index (χ3v) is 3.63. The maximum absolute atomic E-state index is 12.4. The number of sulfone groups is 1. The normalized spacial score (nSPS) is 13.1. The van der Waals surface area contributed by atoms with Gasteiger partial charge in [-0.3, -0.25) is 0 Å². The minimum absolute atomic E-state index is 0.0170. The monoisotopic (exact) mass is 293 g/mol. The fraction of sp³-hybridized carbons (Fsp3) is 0.300. The van der Waals surface area contributed by atoms with Gasteiger partial charge in [0.25, 0.3) is 0 Å². The summed E-state index contributed by atoms with van der Waals surface area (Å²) < 4.78 is 60.7. The molecule has 0 radical (unpaired) electrons. The van der Waals surface area contributed by atoms with Crippen LogP contribution in [0.5, 0.6) is 0 Å². The van der Waals surface area contributed by atoms with Gasteiger partial charge in [-0.2, -0.15) is 13.2 Å². The molecule has 19 heavy (non-hydrogen) atoms. The maximum atomic E-state index is 12.4. The van der Waals surface area contributed by atoms with Gasteiger partial charge < -0.3 is 10.3 Å². The Morgan fingerprint density at radius 1 is 1.37 bits per heavy atom. The number of fused-ring (bicyclic) bond motifs is 1. The van der Waals surface area contributed by atoms with Crippen molar-refractivity contribution >= 4 is 26.8 Å². The van der Waals surface area contributed by atoms with Crippen molar-refractivity contribution in [2.45, 2.75) is 17.6 Å². The van der Waals surface area contributed by atoms with Crippen LogP contribution in [0.1, 0.15) is 0 Å². The van der Waals surface area contributed by atoms with Crippen LogP contribution in [-0.2, 0) is 16.4 Å². The second-order valence-electron chi connectivity index (χ2n) is 4.09. The summed E-state index contributed by atoms with van der Waals surface area (Å²) in [6, 6.07) is 3.69. The summed E-state index contributed by atoms with van der Waals surface area (Å²) in [6.07, 6.45) is -3.43. The third-order valence-electron chi connectivity index (χ3n) is 2.51. The number of alkyl halides is 3. The van der Waals surface area contributed by atoms with Gasteiger partial charge in [-0.15, -0.1) is 0 Å². The molecule has 0 spiro atoms. The van der Waals surface area contributed by atoms with Crippen LogP contribution in [0.2, 0.25) is 0 Å². The summed E-state index contributed by atoms with van der Waals surface area (Å²) in [5, 5.41) is 0. The molecule has 0 aliphatic heterocycles. The van der Waals surface area contributed by atoms with Crippen LogP contribution >= 0.6 is 0 Å². The van der Waals surface area contributed by atoms with E-state index in [-0.39, 0.29) is 21.9 Å². The van der Waals surface area contributed by atoms with Crippen molar-refractivity contribution in [2.75, 3.05) is 12.0 Å².